The molecule has 1 aliphatic heterocycles. The maximum absolute atomic E-state index is 13.6. The lowest BCUT2D eigenvalue weighted by atomic mass is 9.92. The standard InChI is InChI=1S/C23H28FN3O/c1-13-8-20(25-14(2)22(13)26-21(28)11-23(3,4)5)27-12-15-9-19(27)17-7-6-16(24)10-18(15)17/h6-8,10,15,19H,9,11-12H2,1-5H3,(H,26,28)/t15-,19-/m0/s1. The number of aromatic nitrogens is 1. The van der Waals surface area contributed by atoms with Crippen molar-refractivity contribution >= 4 is 17.4 Å². The first-order chi connectivity index (χ1) is 13.1. The van der Waals surface area contributed by atoms with Crippen molar-refractivity contribution in [3.05, 3.63) is 52.5 Å². The van der Waals surface area contributed by atoms with E-state index in [2.05, 4.69) is 37.1 Å². The Bertz CT molecular complexity index is 924. The summed E-state index contributed by atoms with van der Waals surface area (Å²) >= 11 is 0. The molecule has 0 saturated carbocycles. The molecule has 5 heteroatoms. The topological polar surface area (TPSA) is 45.2 Å². The number of hydrogen-bond donors (Lipinski definition) is 1. The summed E-state index contributed by atoms with van der Waals surface area (Å²) in [5.74, 6) is 1.16. The van der Waals surface area contributed by atoms with E-state index in [1.807, 2.05) is 19.9 Å². The van der Waals surface area contributed by atoms with Crippen molar-refractivity contribution in [1.29, 1.82) is 0 Å². The summed E-state index contributed by atoms with van der Waals surface area (Å²) in [6, 6.07) is 7.48. The molecule has 4 nitrogen and oxygen atoms in total. The Morgan fingerprint density at radius 3 is 2.68 bits per heavy atom. The van der Waals surface area contributed by atoms with Crippen LogP contribution in [0.2, 0.25) is 0 Å². The minimum absolute atomic E-state index is 0.0180. The molecule has 148 valence electrons. The summed E-state index contributed by atoms with van der Waals surface area (Å²) in [5, 5.41) is 3.05. The molecule has 2 bridgehead atoms. The first-order valence-corrected chi connectivity index (χ1v) is 9.96. The van der Waals surface area contributed by atoms with E-state index < -0.39 is 0 Å². The van der Waals surface area contributed by atoms with Crippen LogP contribution < -0.4 is 10.2 Å². The van der Waals surface area contributed by atoms with E-state index in [0.717, 1.165) is 41.3 Å². The Morgan fingerprint density at radius 1 is 1.25 bits per heavy atom. The number of rotatable bonds is 3. The van der Waals surface area contributed by atoms with Crippen LogP contribution in [0.4, 0.5) is 15.9 Å². The van der Waals surface area contributed by atoms with Gasteiger partial charge >= 0.3 is 0 Å². The molecular weight excluding hydrogens is 353 g/mol. The molecule has 2 aliphatic rings. The number of anilines is 2. The number of halogens is 1. The average molecular weight is 381 g/mol. The molecule has 2 atom stereocenters. The van der Waals surface area contributed by atoms with Crippen molar-refractivity contribution in [2.24, 2.45) is 5.41 Å². The van der Waals surface area contributed by atoms with Crippen LogP contribution in [0.15, 0.2) is 24.3 Å². The highest BCUT2D eigenvalue weighted by Crippen LogP contribution is 2.51. The summed E-state index contributed by atoms with van der Waals surface area (Å²) in [4.78, 5) is 19.5. The van der Waals surface area contributed by atoms with E-state index in [9.17, 15) is 9.18 Å². The molecule has 28 heavy (non-hydrogen) atoms. The second-order valence-electron chi connectivity index (χ2n) is 9.42. The van der Waals surface area contributed by atoms with Crippen molar-refractivity contribution in [3.8, 4) is 0 Å². The van der Waals surface area contributed by atoms with Gasteiger partial charge in [-0.3, -0.25) is 4.79 Å². The molecule has 1 aromatic heterocycles. The Kier molecular flexibility index (Phi) is 4.44. The van der Waals surface area contributed by atoms with Gasteiger partial charge in [0, 0.05) is 18.9 Å². The Labute approximate surface area is 166 Å². The fourth-order valence-electron chi connectivity index (χ4n) is 4.62. The van der Waals surface area contributed by atoms with E-state index in [-0.39, 0.29) is 23.2 Å². The monoisotopic (exact) mass is 381 g/mol. The van der Waals surface area contributed by atoms with Gasteiger partial charge in [0.25, 0.3) is 0 Å². The number of nitrogens with zero attached hydrogens (tertiary/aromatic N) is 2. The second-order valence-corrected chi connectivity index (χ2v) is 9.42. The van der Waals surface area contributed by atoms with Crippen LogP contribution in [0, 0.1) is 25.1 Å². The number of hydrogen-bond acceptors (Lipinski definition) is 3. The predicted molar refractivity (Wildman–Crippen MR) is 110 cm³/mol. The van der Waals surface area contributed by atoms with Crippen LogP contribution in [0.5, 0.6) is 0 Å². The average Bonchev–Trinajstić information content (AvgIpc) is 3.15. The van der Waals surface area contributed by atoms with Gasteiger partial charge in [-0.2, -0.15) is 0 Å². The zero-order valence-corrected chi connectivity index (χ0v) is 17.3. The third kappa shape index (κ3) is 3.38. The molecule has 0 radical (unpaired) electrons. The van der Waals surface area contributed by atoms with Crippen LogP contribution in [0.1, 0.15) is 68.0 Å². The summed E-state index contributed by atoms with van der Waals surface area (Å²) in [5.41, 5.74) is 4.98. The number of fused-ring (bicyclic) bond motifs is 5. The van der Waals surface area contributed by atoms with Crippen molar-refractivity contribution in [2.45, 2.75) is 59.4 Å². The molecule has 1 N–H and O–H groups in total. The molecule has 0 unspecified atom stereocenters. The molecular formula is C23H28FN3O. The molecule has 0 spiro atoms. The summed E-state index contributed by atoms with van der Waals surface area (Å²) in [6.07, 6.45) is 1.49. The largest absolute Gasteiger partial charge is 0.349 e. The summed E-state index contributed by atoms with van der Waals surface area (Å²) in [6.45, 7) is 11.0. The van der Waals surface area contributed by atoms with Gasteiger partial charge in [-0.15, -0.1) is 0 Å². The van der Waals surface area contributed by atoms with Crippen LogP contribution in [0.3, 0.4) is 0 Å². The first kappa shape index (κ1) is 18.9. The van der Waals surface area contributed by atoms with Crippen LogP contribution in [-0.4, -0.2) is 17.4 Å². The van der Waals surface area contributed by atoms with Crippen LogP contribution in [0.25, 0.3) is 0 Å². The van der Waals surface area contributed by atoms with Crippen LogP contribution >= 0.6 is 0 Å². The molecule has 4 rings (SSSR count). The molecule has 2 aromatic rings. The normalized spacial score (nSPS) is 20.4. The van der Waals surface area contributed by atoms with Gasteiger partial charge in [0.15, 0.2) is 0 Å². The molecule has 1 aromatic carbocycles. The molecule has 1 aliphatic carbocycles. The van der Waals surface area contributed by atoms with Gasteiger partial charge in [0.05, 0.1) is 17.4 Å². The van der Waals surface area contributed by atoms with Crippen molar-refractivity contribution < 1.29 is 9.18 Å². The number of carbonyl (C=O) groups excluding carboxylic acids is 1. The number of pyridine rings is 1. The smallest absolute Gasteiger partial charge is 0.224 e. The van der Waals surface area contributed by atoms with Gasteiger partial charge in [-0.25, -0.2) is 9.37 Å². The Balaban J connectivity index is 1.58. The van der Waals surface area contributed by atoms with Crippen molar-refractivity contribution in [3.63, 3.8) is 0 Å². The van der Waals surface area contributed by atoms with Gasteiger partial charge in [0.1, 0.15) is 11.6 Å². The maximum Gasteiger partial charge on any atom is 0.224 e. The number of carbonyl (C=O) groups is 1. The predicted octanol–water partition coefficient (Wildman–Crippen LogP) is 5.26. The number of aryl methyl sites for hydroxylation is 2. The SMILES string of the molecule is Cc1cc(N2C[C@@H]3C[C@H]2c2ccc(F)cc23)nc(C)c1NC(=O)CC(C)(C)C. The zero-order valence-electron chi connectivity index (χ0n) is 17.3. The lowest BCUT2D eigenvalue weighted by Crippen LogP contribution is -2.28. The number of amides is 1. The number of benzene rings is 1. The van der Waals surface area contributed by atoms with E-state index >= 15 is 0 Å². The highest BCUT2D eigenvalue weighted by Gasteiger charge is 2.43. The van der Waals surface area contributed by atoms with Crippen LogP contribution in [-0.2, 0) is 4.79 Å². The van der Waals surface area contributed by atoms with Gasteiger partial charge in [-0.05, 0) is 60.6 Å². The third-order valence-corrected chi connectivity index (χ3v) is 5.78. The van der Waals surface area contributed by atoms with Crippen molar-refractivity contribution in [2.75, 3.05) is 16.8 Å². The van der Waals surface area contributed by atoms with Gasteiger partial charge < -0.3 is 10.2 Å². The third-order valence-electron chi connectivity index (χ3n) is 5.78. The summed E-state index contributed by atoms with van der Waals surface area (Å²) in [7, 11) is 0. The minimum atomic E-state index is -0.155. The molecule has 1 amide bonds. The second kappa shape index (κ2) is 6.57. The van der Waals surface area contributed by atoms with E-state index in [4.69, 9.17) is 4.98 Å². The minimum Gasteiger partial charge on any atom is -0.349 e. The quantitative estimate of drug-likeness (QED) is 0.789. The Hall–Kier alpha value is -2.43. The highest BCUT2D eigenvalue weighted by atomic mass is 19.1. The van der Waals surface area contributed by atoms with E-state index in [1.54, 1.807) is 12.1 Å². The van der Waals surface area contributed by atoms with Gasteiger partial charge in [0.2, 0.25) is 5.91 Å². The lowest BCUT2D eigenvalue weighted by Gasteiger charge is -2.31. The highest BCUT2D eigenvalue weighted by molar-refractivity contribution is 5.92. The molecule has 1 saturated heterocycles. The zero-order chi connectivity index (χ0) is 20.2. The van der Waals surface area contributed by atoms with E-state index in [1.165, 1.54) is 5.56 Å². The Morgan fingerprint density at radius 2 is 2.00 bits per heavy atom. The van der Waals surface area contributed by atoms with E-state index in [0.29, 0.717) is 12.3 Å². The molecule has 1 fully saturated rings. The molecule has 2 heterocycles. The fraction of sp³-hybridized carbons (Fsp3) is 0.478. The summed E-state index contributed by atoms with van der Waals surface area (Å²) < 4.78 is 13.6. The fourth-order valence-corrected chi connectivity index (χ4v) is 4.62. The lowest BCUT2D eigenvalue weighted by molar-refractivity contribution is -0.117. The number of nitrogens with one attached hydrogen (secondary N) is 1. The first-order valence-electron chi connectivity index (χ1n) is 9.96. The maximum atomic E-state index is 13.6. The van der Waals surface area contributed by atoms with Crippen molar-refractivity contribution in [1.82, 2.24) is 4.98 Å². The van der Waals surface area contributed by atoms with Gasteiger partial charge in [-0.1, -0.05) is 26.8 Å².